The number of rotatable bonds is 4. The smallest absolute Gasteiger partial charge is 0.307 e. The van der Waals surface area contributed by atoms with Crippen LogP contribution >= 0.6 is 0 Å². The number of aliphatic carboxylic acids is 1. The van der Waals surface area contributed by atoms with Crippen LogP contribution in [-0.4, -0.2) is 18.2 Å². The van der Waals surface area contributed by atoms with Crippen LogP contribution in [0.25, 0.3) is 0 Å². The molecule has 0 aromatic heterocycles. The minimum atomic E-state index is -0.806. The van der Waals surface area contributed by atoms with E-state index >= 15 is 0 Å². The first-order valence-corrected chi connectivity index (χ1v) is 5.35. The topological polar surface area (TPSA) is 46.5 Å². The van der Waals surface area contributed by atoms with E-state index in [0.717, 1.165) is 22.4 Å². The lowest BCUT2D eigenvalue weighted by Gasteiger charge is -2.16. The molecule has 3 nitrogen and oxygen atoms in total. The Morgan fingerprint density at radius 2 is 2.06 bits per heavy atom. The van der Waals surface area contributed by atoms with Gasteiger partial charge in [0.1, 0.15) is 5.75 Å². The number of carboxylic acids is 1. The summed E-state index contributed by atoms with van der Waals surface area (Å²) in [5.41, 5.74) is 2.89. The van der Waals surface area contributed by atoms with Gasteiger partial charge in [-0.05, 0) is 29.5 Å². The van der Waals surface area contributed by atoms with Gasteiger partial charge in [-0.15, -0.1) is 0 Å². The summed E-state index contributed by atoms with van der Waals surface area (Å²) in [7, 11) is 1.64. The minimum Gasteiger partial charge on any atom is -0.496 e. The zero-order valence-electron chi connectivity index (χ0n) is 10.2. The number of carboxylic acid groups (broad SMARTS) is 1. The van der Waals surface area contributed by atoms with Crippen molar-refractivity contribution in [2.45, 2.75) is 33.1 Å². The van der Waals surface area contributed by atoms with E-state index in [2.05, 4.69) is 13.8 Å². The molecule has 3 heteroatoms. The first-order valence-electron chi connectivity index (χ1n) is 5.35. The SMILES string of the molecule is COc1c(C)cc(CC(=O)O)cc1C(C)C. The van der Waals surface area contributed by atoms with E-state index < -0.39 is 5.97 Å². The molecule has 0 radical (unpaired) electrons. The third-order valence-electron chi connectivity index (χ3n) is 2.54. The Labute approximate surface area is 96.1 Å². The van der Waals surface area contributed by atoms with E-state index in [1.54, 1.807) is 7.11 Å². The third-order valence-corrected chi connectivity index (χ3v) is 2.54. The van der Waals surface area contributed by atoms with Gasteiger partial charge < -0.3 is 9.84 Å². The lowest BCUT2D eigenvalue weighted by atomic mass is 9.95. The zero-order valence-corrected chi connectivity index (χ0v) is 10.2. The molecule has 0 amide bonds. The molecule has 0 aliphatic heterocycles. The molecule has 0 aliphatic carbocycles. The van der Waals surface area contributed by atoms with Gasteiger partial charge in [-0.1, -0.05) is 26.0 Å². The fraction of sp³-hybridized carbons (Fsp3) is 0.462. The van der Waals surface area contributed by atoms with Crippen molar-refractivity contribution in [1.82, 2.24) is 0 Å². The second-order valence-electron chi connectivity index (χ2n) is 4.26. The van der Waals surface area contributed by atoms with Crippen molar-refractivity contribution in [3.63, 3.8) is 0 Å². The average Bonchev–Trinajstić information content (AvgIpc) is 2.15. The molecule has 0 atom stereocenters. The minimum absolute atomic E-state index is 0.0601. The molecule has 1 rings (SSSR count). The summed E-state index contributed by atoms with van der Waals surface area (Å²) in [4.78, 5) is 10.7. The van der Waals surface area contributed by atoms with Crippen molar-refractivity contribution >= 4 is 5.97 Å². The largest absolute Gasteiger partial charge is 0.496 e. The lowest BCUT2D eigenvalue weighted by molar-refractivity contribution is -0.136. The average molecular weight is 222 g/mol. The maximum Gasteiger partial charge on any atom is 0.307 e. The molecule has 16 heavy (non-hydrogen) atoms. The van der Waals surface area contributed by atoms with Gasteiger partial charge in [0, 0.05) is 0 Å². The van der Waals surface area contributed by atoms with Crippen LogP contribution in [0, 0.1) is 6.92 Å². The molecular weight excluding hydrogens is 204 g/mol. The van der Waals surface area contributed by atoms with Gasteiger partial charge >= 0.3 is 5.97 Å². The lowest BCUT2D eigenvalue weighted by Crippen LogP contribution is -2.04. The molecule has 1 aromatic rings. The molecule has 0 heterocycles. The van der Waals surface area contributed by atoms with Crippen LogP contribution in [0.5, 0.6) is 5.75 Å². The van der Waals surface area contributed by atoms with Crippen LogP contribution in [-0.2, 0) is 11.2 Å². The monoisotopic (exact) mass is 222 g/mol. The van der Waals surface area contributed by atoms with E-state index in [0.29, 0.717) is 5.92 Å². The molecule has 1 N–H and O–H groups in total. The van der Waals surface area contributed by atoms with E-state index in [4.69, 9.17) is 9.84 Å². The predicted molar refractivity (Wildman–Crippen MR) is 63.2 cm³/mol. The number of carbonyl (C=O) groups is 1. The summed E-state index contributed by atoms with van der Waals surface area (Å²) < 4.78 is 5.35. The molecule has 0 fully saturated rings. The zero-order chi connectivity index (χ0) is 12.3. The molecule has 0 spiro atoms. The Balaban J connectivity index is 3.22. The molecule has 0 saturated carbocycles. The standard InChI is InChI=1S/C13H18O3/c1-8(2)11-6-10(7-12(14)15)5-9(3)13(11)16-4/h5-6,8H,7H2,1-4H3,(H,14,15). The highest BCUT2D eigenvalue weighted by molar-refractivity contribution is 5.70. The highest BCUT2D eigenvalue weighted by Crippen LogP contribution is 2.31. The van der Waals surface area contributed by atoms with Gasteiger partial charge in [-0.25, -0.2) is 0 Å². The fourth-order valence-corrected chi connectivity index (χ4v) is 1.86. The second-order valence-corrected chi connectivity index (χ2v) is 4.26. The van der Waals surface area contributed by atoms with Gasteiger partial charge in [-0.2, -0.15) is 0 Å². The van der Waals surface area contributed by atoms with Crippen LogP contribution < -0.4 is 4.74 Å². The summed E-state index contributed by atoms with van der Waals surface area (Å²) in [6.45, 7) is 6.08. The number of hydrogen-bond donors (Lipinski definition) is 1. The fourth-order valence-electron chi connectivity index (χ4n) is 1.86. The van der Waals surface area contributed by atoms with E-state index in [-0.39, 0.29) is 6.42 Å². The number of hydrogen-bond acceptors (Lipinski definition) is 2. The van der Waals surface area contributed by atoms with E-state index in [1.807, 2.05) is 19.1 Å². The molecular formula is C13H18O3. The van der Waals surface area contributed by atoms with E-state index in [9.17, 15) is 4.79 Å². The summed E-state index contributed by atoms with van der Waals surface area (Å²) in [6, 6.07) is 3.80. The molecule has 0 bridgehead atoms. The first-order chi connectivity index (χ1) is 7.45. The molecule has 88 valence electrons. The van der Waals surface area contributed by atoms with Crippen molar-refractivity contribution in [2.75, 3.05) is 7.11 Å². The summed E-state index contributed by atoms with van der Waals surface area (Å²) in [5, 5.41) is 8.78. The molecule has 0 unspecified atom stereocenters. The highest BCUT2D eigenvalue weighted by atomic mass is 16.5. The first kappa shape index (κ1) is 12.6. The Morgan fingerprint density at radius 3 is 2.50 bits per heavy atom. The maximum atomic E-state index is 10.7. The number of aryl methyl sites for hydroxylation is 1. The van der Waals surface area contributed by atoms with E-state index in [1.165, 1.54) is 0 Å². The van der Waals surface area contributed by atoms with Crippen molar-refractivity contribution < 1.29 is 14.6 Å². The van der Waals surface area contributed by atoms with Gasteiger partial charge in [0.25, 0.3) is 0 Å². The van der Waals surface area contributed by atoms with Gasteiger partial charge in [0.05, 0.1) is 13.5 Å². The highest BCUT2D eigenvalue weighted by Gasteiger charge is 2.13. The normalized spacial score (nSPS) is 10.6. The number of benzene rings is 1. The summed E-state index contributed by atoms with van der Waals surface area (Å²) >= 11 is 0. The van der Waals surface area contributed by atoms with Gasteiger partial charge in [-0.3, -0.25) is 4.79 Å². The van der Waals surface area contributed by atoms with Crippen molar-refractivity contribution in [1.29, 1.82) is 0 Å². The van der Waals surface area contributed by atoms with Crippen LogP contribution in [0.1, 0.15) is 36.5 Å². The number of methoxy groups -OCH3 is 1. The van der Waals surface area contributed by atoms with Crippen LogP contribution in [0.4, 0.5) is 0 Å². The van der Waals surface area contributed by atoms with Gasteiger partial charge in [0.15, 0.2) is 0 Å². The van der Waals surface area contributed by atoms with Crippen molar-refractivity contribution in [2.24, 2.45) is 0 Å². The Kier molecular flexibility index (Phi) is 3.93. The second kappa shape index (κ2) is 5.01. The number of ether oxygens (including phenoxy) is 1. The quantitative estimate of drug-likeness (QED) is 0.852. The van der Waals surface area contributed by atoms with Gasteiger partial charge in [0.2, 0.25) is 0 Å². The summed E-state index contributed by atoms with van der Waals surface area (Å²) in [5.74, 6) is 0.380. The van der Waals surface area contributed by atoms with Crippen molar-refractivity contribution in [3.05, 3.63) is 28.8 Å². The third kappa shape index (κ3) is 2.75. The Bertz CT molecular complexity index is 394. The molecule has 1 aromatic carbocycles. The van der Waals surface area contributed by atoms with Crippen molar-refractivity contribution in [3.8, 4) is 5.75 Å². The summed E-state index contributed by atoms with van der Waals surface area (Å²) in [6.07, 6.45) is 0.0601. The maximum absolute atomic E-state index is 10.7. The Morgan fingerprint density at radius 1 is 1.44 bits per heavy atom. The molecule has 0 saturated heterocycles. The molecule has 0 aliphatic rings. The van der Waals surface area contributed by atoms with Crippen LogP contribution in [0.15, 0.2) is 12.1 Å². The van der Waals surface area contributed by atoms with Crippen LogP contribution in [0.3, 0.4) is 0 Å². The Hall–Kier alpha value is -1.51. The predicted octanol–water partition coefficient (Wildman–Crippen LogP) is 2.75. The van der Waals surface area contributed by atoms with Crippen LogP contribution in [0.2, 0.25) is 0 Å².